The van der Waals surface area contributed by atoms with E-state index in [1.54, 1.807) is 6.08 Å². The molecule has 8 nitrogen and oxygen atoms in total. The van der Waals surface area contributed by atoms with Gasteiger partial charge in [-0.3, -0.25) is 9.36 Å². The van der Waals surface area contributed by atoms with E-state index in [9.17, 15) is 19.4 Å². The van der Waals surface area contributed by atoms with Gasteiger partial charge in [0.25, 0.3) is 7.82 Å². The highest BCUT2D eigenvalue weighted by molar-refractivity contribution is 7.45. The van der Waals surface area contributed by atoms with E-state index in [-0.39, 0.29) is 12.5 Å². The van der Waals surface area contributed by atoms with Crippen molar-refractivity contribution in [1.82, 2.24) is 5.32 Å². The largest absolute Gasteiger partial charge is 0.756 e. The predicted octanol–water partition coefficient (Wildman–Crippen LogP) is 20.5. The van der Waals surface area contributed by atoms with Crippen molar-refractivity contribution in [3.63, 3.8) is 0 Å². The van der Waals surface area contributed by atoms with Crippen molar-refractivity contribution < 1.29 is 32.9 Å². The Morgan fingerprint density at radius 3 is 1.18 bits per heavy atom. The first kappa shape index (κ1) is 76.7. The predicted molar refractivity (Wildman–Crippen MR) is 343 cm³/mol. The van der Waals surface area contributed by atoms with Crippen LogP contribution in [0.4, 0.5) is 0 Å². The molecule has 2 N–H and O–H groups in total. The van der Waals surface area contributed by atoms with Gasteiger partial charge in [-0.15, -0.1) is 0 Å². The van der Waals surface area contributed by atoms with Gasteiger partial charge < -0.3 is 28.8 Å². The smallest absolute Gasteiger partial charge is 0.268 e. The van der Waals surface area contributed by atoms with E-state index in [1.807, 2.05) is 27.2 Å². The van der Waals surface area contributed by atoms with Crippen LogP contribution in [0.5, 0.6) is 0 Å². The van der Waals surface area contributed by atoms with E-state index < -0.39 is 26.6 Å². The normalized spacial score (nSPS) is 14.3. The summed E-state index contributed by atoms with van der Waals surface area (Å²) in [6.45, 7) is 4.54. The molecule has 0 bridgehead atoms. The van der Waals surface area contributed by atoms with Crippen LogP contribution in [0.3, 0.4) is 0 Å². The summed E-state index contributed by atoms with van der Waals surface area (Å²) < 4.78 is 23.4. The van der Waals surface area contributed by atoms with Crippen molar-refractivity contribution in [2.24, 2.45) is 0 Å². The van der Waals surface area contributed by atoms with E-state index in [0.29, 0.717) is 17.4 Å². The number of aliphatic hydroxyl groups excluding tert-OH is 1. The van der Waals surface area contributed by atoms with Crippen LogP contribution in [0.1, 0.15) is 303 Å². The molecule has 1 amide bonds. The Morgan fingerprint density at radius 2 is 0.785 bits per heavy atom. The molecule has 0 aromatic carbocycles. The fourth-order valence-electron chi connectivity index (χ4n) is 9.67. The van der Waals surface area contributed by atoms with Crippen molar-refractivity contribution in [3.05, 3.63) is 85.1 Å². The molecule has 9 heteroatoms. The monoisotopic (exact) mass is 1120 g/mol. The number of carbonyl (C=O) groups excluding carboxylic acids is 1. The van der Waals surface area contributed by atoms with Crippen molar-refractivity contribution in [1.29, 1.82) is 0 Å². The van der Waals surface area contributed by atoms with Crippen LogP contribution in [-0.2, 0) is 18.4 Å². The summed E-state index contributed by atoms with van der Waals surface area (Å²) in [6.07, 6.45) is 85.5. The number of nitrogens with one attached hydrogen (secondary N) is 1. The standard InChI is InChI=1S/C70H129N2O6P/c1-6-8-10-12-14-16-18-20-22-24-26-28-30-32-34-36-38-40-42-44-46-48-50-52-54-56-58-60-62-64-70(74)71-68(67-78-79(75,76)77-66-65-72(3,4)5)69(73)63-61-59-57-55-53-51-49-47-45-43-41-39-37-35-33-31-29-27-25-23-21-19-17-15-13-11-9-7-2/h8,10,14,16,20,22,26,28,32,34,53,55,61,63,68-69,73H,6-7,9,11-13,15,17-19,21,23-25,27,29-31,33,35-52,54,56-60,62,64-67H2,1-5H3,(H-,71,74,75,76)/b10-8-,16-14-,22-20-,28-26-,34-32-,55-53+,63-61+. The first-order valence-corrected chi connectivity index (χ1v) is 34.9. The molecule has 0 spiro atoms. The zero-order valence-electron chi connectivity index (χ0n) is 52.6. The second-order valence-corrected chi connectivity index (χ2v) is 25.2. The lowest BCUT2D eigenvalue weighted by atomic mass is 10.0. The maximum absolute atomic E-state index is 13.0. The minimum absolute atomic E-state index is 0.00910. The number of phosphoric ester groups is 1. The van der Waals surface area contributed by atoms with Crippen molar-refractivity contribution in [2.75, 3.05) is 40.9 Å². The molecule has 3 atom stereocenters. The van der Waals surface area contributed by atoms with Gasteiger partial charge in [-0.25, -0.2) is 0 Å². The van der Waals surface area contributed by atoms with Crippen molar-refractivity contribution >= 4 is 13.7 Å². The molecule has 0 heterocycles. The molecule has 0 radical (unpaired) electrons. The fraction of sp³-hybridized carbons (Fsp3) is 0.786. The minimum atomic E-state index is -4.62. The summed E-state index contributed by atoms with van der Waals surface area (Å²) in [5, 5.41) is 13.9. The topological polar surface area (TPSA) is 108 Å². The third kappa shape index (κ3) is 63.1. The van der Waals surface area contributed by atoms with E-state index in [2.05, 4.69) is 92.1 Å². The number of phosphoric acid groups is 1. The molecule has 0 rings (SSSR count). The average molecular weight is 1130 g/mol. The number of amides is 1. The van der Waals surface area contributed by atoms with Gasteiger partial charge >= 0.3 is 0 Å². The van der Waals surface area contributed by atoms with Gasteiger partial charge in [-0.2, -0.15) is 0 Å². The number of likely N-dealkylation sites (N-methyl/N-ethyl adjacent to an activating group) is 1. The van der Waals surface area contributed by atoms with E-state index in [1.165, 1.54) is 212 Å². The zero-order valence-corrected chi connectivity index (χ0v) is 53.5. The lowest BCUT2D eigenvalue weighted by Crippen LogP contribution is -2.45. The van der Waals surface area contributed by atoms with Gasteiger partial charge in [0.1, 0.15) is 13.2 Å². The molecule has 0 saturated carbocycles. The number of aliphatic hydroxyl groups is 1. The Balaban J connectivity index is 4.15. The summed E-state index contributed by atoms with van der Waals surface area (Å²) in [5.41, 5.74) is 0. The Labute approximate surface area is 490 Å². The molecule has 0 aliphatic rings. The highest BCUT2D eigenvalue weighted by Crippen LogP contribution is 2.38. The van der Waals surface area contributed by atoms with Crippen molar-refractivity contribution in [3.8, 4) is 0 Å². The maximum Gasteiger partial charge on any atom is 0.268 e. The summed E-state index contributed by atoms with van der Waals surface area (Å²) in [5.74, 6) is -0.208. The number of unbranched alkanes of at least 4 members (excludes halogenated alkanes) is 36. The van der Waals surface area contributed by atoms with Gasteiger partial charge in [-0.1, -0.05) is 304 Å². The van der Waals surface area contributed by atoms with Crippen molar-refractivity contribution in [2.45, 2.75) is 315 Å². The van der Waals surface area contributed by atoms with E-state index >= 15 is 0 Å². The number of nitrogens with zero attached hydrogens (tertiary/aromatic N) is 1. The van der Waals surface area contributed by atoms with Crippen LogP contribution >= 0.6 is 7.82 Å². The summed E-state index contributed by atoms with van der Waals surface area (Å²) in [7, 11) is 1.24. The van der Waals surface area contributed by atoms with Gasteiger partial charge in [0.05, 0.1) is 39.9 Å². The maximum atomic E-state index is 13.0. The average Bonchev–Trinajstić information content (AvgIpc) is 3.42. The summed E-state index contributed by atoms with van der Waals surface area (Å²) in [4.78, 5) is 25.6. The number of hydrogen-bond donors (Lipinski definition) is 2. The number of quaternary nitrogens is 1. The molecule has 460 valence electrons. The van der Waals surface area contributed by atoms with Crippen LogP contribution in [-0.4, -0.2) is 68.5 Å². The molecule has 79 heavy (non-hydrogen) atoms. The van der Waals surface area contributed by atoms with Crippen LogP contribution in [0.25, 0.3) is 0 Å². The van der Waals surface area contributed by atoms with Crippen LogP contribution in [0.2, 0.25) is 0 Å². The number of allylic oxidation sites excluding steroid dienone is 13. The lowest BCUT2D eigenvalue weighted by Gasteiger charge is -2.29. The Kier molecular flexibility index (Phi) is 58.5. The molecule has 3 unspecified atom stereocenters. The quantitative estimate of drug-likeness (QED) is 0.0272. The van der Waals surface area contributed by atoms with Crippen LogP contribution in [0.15, 0.2) is 85.1 Å². The third-order valence-corrected chi connectivity index (χ3v) is 15.8. The van der Waals surface area contributed by atoms with Gasteiger partial charge in [0.2, 0.25) is 5.91 Å². The van der Waals surface area contributed by atoms with Gasteiger partial charge in [-0.05, 0) is 77.0 Å². The lowest BCUT2D eigenvalue weighted by molar-refractivity contribution is -0.870. The Morgan fingerprint density at radius 1 is 0.456 bits per heavy atom. The zero-order chi connectivity index (χ0) is 57.7. The molecule has 0 aromatic rings. The SMILES string of the molecule is CC/C=C\C/C=C\C/C=C\C/C=C\C/C=C\CCCCCCCCCCCCCCCC(=O)NC(COP(=O)([O-])OCC[N+](C)(C)C)C(O)/C=C/CC/C=C/CCCCCCCCCCCCCCCCCCCCCCCC. The minimum Gasteiger partial charge on any atom is -0.756 e. The summed E-state index contributed by atoms with van der Waals surface area (Å²) in [6, 6.07) is -0.910. The molecule has 0 saturated heterocycles. The van der Waals surface area contributed by atoms with Crippen LogP contribution in [0, 0.1) is 0 Å². The molecule has 0 aliphatic carbocycles. The molecule has 0 fully saturated rings. The van der Waals surface area contributed by atoms with Gasteiger partial charge in [0, 0.05) is 6.42 Å². The highest BCUT2D eigenvalue weighted by Gasteiger charge is 2.23. The number of hydrogen-bond acceptors (Lipinski definition) is 6. The molecular formula is C70H129N2O6P. The van der Waals surface area contributed by atoms with E-state index in [0.717, 1.165) is 70.6 Å². The first-order valence-electron chi connectivity index (χ1n) is 33.4. The molecule has 0 aliphatic heterocycles. The first-order chi connectivity index (χ1) is 38.5. The highest BCUT2D eigenvalue weighted by atomic mass is 31.2. The Hall–Kier alpha value is -2.32. The van der Waals surface area contributed by atoms with Crippen LogP contribution < -0.4 is 10.2 Å². The van der Waals surface area contributed by atoms with Gasteiger partial charge in [0.15, 0.2) is 0 Å². The second-order valence-electron chi connectivity index (χ2n) is 23.8. The molecule has 0 aromatic heterocycles. The van der Waals surface area contributed by atoms with E-state index in [4.69, 9.17) is 9.05 Å². The number of carbonyl (C=O) groups is 1. The third-order valence-electron chi connectivity index (χ3n) is 14.8. The Bertz CT molecular complexity index is 1560. The summed E-state index contributed by atoms with van der Waals surface area (Å²) >= 11 is 0. The second kappa shape index (κ2) is 60.3. The molecular weight excluding hydrogens is 996 g/mol. The fourth-order valence-corrected chi connectivity index (χ4v) is 10.4. The number of rotatable bonds is 61.